The van der Waals surface area contributed by atoms with Gasteiger partial charge in [-0.25, -0.2) is 8.78 Å². The molecule has 102 valence electrons. The van der Waals surface area contributed by atoms with Crippen LogP contribution in [0.2, 0.25) is 0 Å². The van der Waals surface area contributed by atoms with Gasteiger partial charge in [-0.05, 0) is 37.6 Å². The largest absolute Gasteiger partial charge is 0.380 e. The number of halogens is 2. The maximum absolute atomic E-state index is 13.7. The first-order valence-electron chi connectivity index (χ1n) is 6.49. The Hall–Kier alpha value is -1.67. The van der Waals surface area contributed by atoms with Crippen molar-refractivity contribution in [3.63, 3.8) is 0 Å². The average Bonchev–Trinajstić information content (AvgIpc) is 2.85. The summed E-state index contributed by atoms with van der Waals surface area (Å²) < 4.78 is 27.3. The van der Waals surface area contributed by atoms with Crippen LogP contribution in [0.4, 0.5) is 14.5 Å². The molecule has 0 aromatic heterocycles. The van der Waals surface area contributed by atoms with Crippen LogP contribution in [0.5, 0.6) is 0 Å². The van der Waals surface area contributed by atoms with E-state index in [-0.39, 0.29) is 11.3 Å². The summed E-state index contributed by atoms with van der Waals surface area (Å²) in [5.41, 5.74) is -0.132. The maximum atomic E-state index is 13.7. The molecule has 0 bridgehead atoms. The standard InChI is InChI=1S/C14H17F2N3/c1-2-19-4-3-10(9-19)8-18-14-12(15)5-11(7-17)6-13(14)16/h5-6,10,18H,2-4,8-9H2,1H3. The van der Waals surface area contributed by atoms with Crippen LogP contribution in [0.3, 0.4) is 0 Å². The highest BCUT2D eigenvalue weighted by atomic mass is 19.1. The van der Waals surface area contributed by atoms with Crippen molar-refractivity contribution < 1.29 is 8.78 Å². The fraction of sp³-hybridized carbons (Fsp3) is 0.500. The molecular formula is C14H17F2N3. The molecule has 0 aliphatic carbocycles. The normalized spacial score (nSPS) is 19.4. The van der Waals surface area contributed by atoms with Crippen LogP contribution in [0.1, 0.15) is 18.9 Å². The maximum Gasteiger partial charge on any atom is 0.150 e. The minimum Gasteiger partial charge on any atom is -0.380 e. The second-order valence-electron chi connectivity index (χ2n) is 4.86. The smallest absolute Gasteiger partial charge is 0.150 e. The van der Waals surface area contributed by atoms with Crippen LogP contribution in [0.25, 0.3) is 0 Å². The summed E-state index contributed by atoms with van der Waals surface area (Å²) in [4.78, 5) is 2.32. The third-order valence-electron chi connectivity index (χ3n) is 3.56. The second kappa shape index (κ2) is 5.98. The Morgan fingerprint density at radius 2 is 2.11 bits per heavy atom. The number of anilines is 1. The molecular weight excluding hydrogens is 248 g/mol. The number of hydrogen-bond acceptors (Lipinski definition) is 3. The first-order valence-corrected chi connectivity index (χ1v) is 6.49. The number of nitrogens with zero attached hydrogens (tertiary/aromatic N) is 2. The number of likely N-dealkylation sites (tertiary alicyclic amines) is 1. The van der Waals surface area contributed by atoms with Crippen molar-refractivity contribution in [3.05, 3.63) is 29.3 Å². The lowest BCUT2D eigenvalue weighted by Crippen LogP contribution is -2.22. The van der Waals surface area contributed by atoms with E-state index < -0.39 is 11.6 Å². The molecule has 1 N–H and O–H groups in total. The van der Waals surface area contributed by atoms with E-state index in [1.54, 1.807) is 6.07 Å². The van der Waals surface area contributed by atoms with Crippen molar-refractivity contribution in [3.8, 4) is 6.07 Å². The first kappa shape index (κ1) is 13.8. The van der Waals surface area contributed by atoms with Crippen LogP contribution in [0, 0.1) is 28.9 Å². The summed E-state index contributed by atoms with van der Waals surface area (Å²) in [5, 5.41) is 11.5. The Morgan fingerprint density at radius 3 is 2.63 bits per heavy atom. The molecule has 0 saturated carbocycles. The molecule has 0 radical (unpaired) electrons. The van der Waals surface area contributed by atoms with Gasteiger partial charge >= 0.3 is 0 Å². The lowest BCUT2D eigenvalue weighted by atomic mass is 10.1. The zero-order valence-electron chi connectivity index (χ0n) is 10.9. The van der Waals surface area contributed by atoms with Crippen molar-refractivity contribution in [2.24, 2.45) is 5.92 Å². The highest BCUT2D eigenvalue weighted by Gasteiger charge is 2.21. The van der Waals surface area contributed by atoms with Gasteiger partial charge in [0.15, 0.2) is 11.6 Å². The van der Waals surface area contributed by atoms with Gasteiger partial charge in [-0.1, -0.05) is 6.92 Å². The summed E-state index contributed by atoms with van der Waals surface area (Å²) in [6.45, 7) is 5.67. The minimum absolute atomic E-state index is 0.00132. The van der Waals surface area contributed by atoms with E-state index in [9.17, 15) is 8.78 Å². The fourth-order valence-electron chi connectivity index (χ4n) is 2.42. The minimum atomic E-state index is -0.707. The molecule has 3 nitrogen and oxygen atoms in total. The van der Waals surface area contributed by atoms with Gasteiger partial charge < -0.3 is 10.2 Å². The predicted molar refractivity (Wildman–Crippen MR) is 69.8 cm³/mol. The molecule has 5 heteroatoms. The summed E-state index contributed by atoms with van der Waals surface area (Å²) in [6, 6.07) is 3.84. The number of rotatable bonds is 4. The van der Waals surface area contributed by atoms with Crippen molar-refractivity contribution in [2.75, 3.05) is 31.5 Å². The number of nitrogens with one attached hydrogen (secondary N) is 1. The zero-order valence-corrected chi connectivity index (χ0v) is 10.9. The SMILES string of the molecule is CCN1CCC(CNc2c(F)cc(C#N)cc2F)C1. The molecule has 1 heterocycles. The van der Waals surface area contributed by atoms with E-state index in [0.29, 0.717) is 12.5 Å². The average molecular weight is 265 g/mol. The van der Waals surface area contributed by atoms with Gasteiger partial charge in [0, 0.05) is 13.1 Å². The summed E-state index contributed by atoms with van der Waals surface area (Å²) in [5.74, 6) is -1.00. The van der Waals surface area contributed by atoms with E-state index in [2.05, 4.69) is 17.1 Å². The van der Waals surface area contributed by atoms with Gasteiger partial charge in [0.2, 0.25) is 0 Å². The molecule has 19 heavy (non-hydrogen) atoms. The second-order valence-corrected chi connectivity index (χ2v) is 4.86. The number of nitriles is 1. The number of hydrogen-bond donors (Lipinski definition) is 1. The Kier molecular flexibility index (Phi) is 4.33. The van der Waals surface area contributed by atoms with Gasteiger partial charge in [0.05, 0.1) is 11.6 Å². The van der Waals surface area contributed by atoms with Gasteiger partial charge in [-0.2, -0.15) is 5.26 Å². The van der Waals surface area contributed by atoms with Crippen LogP contribution in [-0.2, 0) is 0 Å². The Balaban J connectivity index is 1.99. The third kappa shape index (κ3) is 3.21. The van der Waals surface area contributed by atoms with Crippen LogP contribution in [0.15, 0.2) is 12.1 Å². The quantitative estimate of drug-likeness (QED) is 0.909. The Morgan fingerprint density at radius 1 is 1.42 bits per heavy atom. The van der Waals surface area contributed by atoms with E-state index in [0.717, 1.165) is 38.2 Å². The van der Waals surface area contributed by atoms with Crippen molar-refractivity contribution in [1.82, 2.24) is 4.90 Å². The molecule has 0 amide bonds. The topological polar surface area (TPSA) is 39.1 Å². The van der Waals surface area contributed by atoms with Crippen molar-refractivity contribution >= 4 is 5.69 Å². The van der Waals surface area contributed by atoms with Crippen LogP contribution < -0.4 is 5.32 Å². The highest BCUT2D eigenvalue weighted by Crippen LogP contribution is 2.22. The monoisotopic (exact) mass is 265 g/mol. The molecule has 2 rings (SSSR count). The fourth-order valence-corrected chi connectivity index (χ4v) is 2.42. The van der Waals surface area contributed by atoms with Gasteiger partial charge in [0.25, 0.3) is 0 Å². The predicted octanol–water partition coefficient (Wildman–Crippen LogP) is 2.59. The highest BCUT2D eigenvalue weighted by molar-refractivity contribution is 5.50. The molecule has 1 atom stereocenters. The van der Waals surface area contributed by atoms with Crippen molar-refractivity contribution in [2.45, 2.75) is 13.3 Å². The Labute approximate surface area is 111 Å². The molecule has 1 aromatic carbocycles. The van der Waals surface area contributed by atoms with Gasteiger partial charge in [-0.15, -0.1) is 0 Å². The Bertz CT molecular complexity index is 473. The van der Waals surface area contributed by atoms with Crippen LogP contribution in [-0.4, -0.2) is 31.1 Å². The zero-order chi connectivity index (χ0) is 13.8. The summed E-state index contributed by atoms with van der Waals surface area (Å²) >= 11 is 0. The third-order valence-corrected chi connectivity index (χ3v) is 3.56. The molecule has 1 fully saturated rings. The first-order chi connectivity index (χ1) is 9.13. The summed E-state index contributed by atoms with van der Waals surface area (Å²) in [6.07, 6.45) is 1.04. The molecule has 1 aliphatic rings. The summed E-state index contributed by atoms with van der Waals surface area (Å²) in [7, 11) is 0. The van der Waals surface area contributed by atoms with Gasteiger partial charge in [-0.3, -0.25) is 0 Å². The lowest BCUT2D eigenvalue weighted by Gasteiger charge is -2.15. The van der Waals surface area contributed by atoms with E-state index in [1.165, 1.54) is 0 Å². The molecule has 1 aliphatic heterocycles. The van der Waals surface area contributed by atoms with Crippen molar-refractivity contribution in [1.29, 1.82) is 5.26 Å². The van der Waals surface area contributed by atoms with Crippen LogP contribution >= 0.6 is 0 Å². The lowest BCUT2D eigenvalue weighted by molar-refractivity contribution is 0.345. The van der Waals surface area contributed by atoms with Gasteiger partial charge in [0.1, 0.15) is 5.69 Å². The molecule has 1 aromatic rings. The number of benzene rings is 1. The van der Waals surface area contributed by atoms with E-state index >= 15 is 0 Å². The molecule has 0 spiro atoms. The molecule has 1 unspecified atom stereocenters. The molecule has 1 saturated heterocycles. The van der Waals surface area contributed by atoms with E-state index in [1.807, 2.05) is 0 Å². The van der Waals surface area contributed by atoms with E-state index in [4.69, 9.17) is 5.26 Å².